The Bertz CT molecular complexity index is 921. The van der Waals surface area contributed by atoms with Crippen LogP contribution in [0, 0.1) is 19.8 Å². The summed E-state index contributed by atoms with van der Waals surface area (Å²) in [4.78, 5) is 29.0. The minimum absolute atomic E-state index is 0.124. The summed E-state index contributed by atoms with van der Waals surface area (Å²) in [5.74, 6) is 2.43. The van der Waals surface area contributed by atoms with Crippen LogP contribution in [0.25, 0.3) is 0 Å². The molecule has 1 aliphatic carbocycles. The number of aryl methyl sites for hydroxylation is 2. The van der Waals surface area contributed by atoms with Crippen LogP contribution in [-0.2, 0) is 11.4 Å². The monoisotopic (exact) mass is 424 g/mol. The minimum Gasteiger partial charge on any atom is -0.485 e. The van der Waals surface area contributed by atoms with Gasteiger partial charge in [-0.15, -0.1) is 0 Å². The lowest BCUT2D eigenvalue weighted by Gasteiger charge is -2.34. The summed E-state index contributed by atoms with van der Waals surface area (Å²) < 4.78 is 11.6. The highest BCUT2D eigenvalue weighted by Gasteiger charge is 2.28. The van der Waals surface area contributed by atoms with Crippen molar-refractivity contribution in [1.29, 1.82) is 0 Å². The summed E-state index contributed by atoms with van der Waals surface area (Å²) in [6, 6.07) is 9.54. The largest absolute Gasteiger partial charge is 0.485 e. The second-order valence-corrected chi connectivity index (χ2v) is 8.85. The van der Waals surface area contributed by atoms with Crippen molar-refractivity contribution in [3.63, 3.8) is 0 Å². The van der Waals surface area contributed by atoms with Gasteiger partial charge < -0.3 is 19.0 Å². The molecule has 2 fully saturated rings. The second-order valence-electron chi connectivity index (χ2n) is 8.85. The number of benzene rings is 1. The van der Waals surface area contributed by atoms with E-state index in [1.165, 1.54) is 31.2 Å². The lowest BCUT2D eigenvalue weighted by molar-refractivity contribution is -0.133. The van der Waals surface area contributed by atoms with Crippen LogP contribution in [0.3, 0.4) is 0 Å². The molecule has 1 saturated carbocycles. The van der Waals surface area contributed by atoms with Crippen molar-refractivity contribution in [3.05, 3.63) is 53.0 Å². The summed E-state index contributed by atoms with van der Waals surface area (Å²) >= 11 is 0. The minimum atomic E-state index is -0.124. The zero-order valence-corrected chi connectivity index (χ0v) is 18.6. The molecular weight excluding hydrogens is 392 g/mol. The maximum atomic E-state index is 12.8. The van der Waals surface area contributed by atoms with Gasteiger partial charge in [0.15, 0.2) is 5.76 Å². The van der Waals surface area contributed by atoms with E-state index in [0.717, 1.165) is 11.3 Å². The molecule has 0 bridgehead atoms. The Morgan fingerprint density at radius 3 is 2.42 bits per heavy atom. The lowest BCUT2D eigenvalue weighted by Crippen LogP contribution is -2.50. The molecule has 1 saturated heterocycles. The number of carbonyl (C=O) groups excluding carboxylic acids is 2. The number of nitrogens with zero attached hydrogens (tertiary/aromatic N) is 2. The fraction of sp³-hybridized carbons (Fsp3) is 0.520. The van der Waals surface area contributed by atoms with Crippen molar-refractivity contribution in [3.8, 4) is 5.75 Å². The molecule has 31 heavy (non-hydrogen) atoms. The molecule has 0 unspecified atom stereocenters. The van der Waals surface area contributed by atoms with Gasteiger partial charge in [-0.3, -0.25) is 9.59 Å². The predicted octanol–water partition coefficient (Wildman–Crippen LogP) is 4.34. The maximum absolute atomic E-state index is 12.8. The molecule has 2 aliphatic rings. The number of piperazine rings is 1. The van der Waals surface area contributed by atoms with Crippen LogP contribution in [0.4, 0.5) is 0 Å². The Morgan fingerprint density at radius 2 is 1.71 bits per heavy atom. The fourth-order valence-corrected chi connectivity index (χ4v) is 4.59. The first-order chi connectivity index (χ1) is 15.0. The van der Waals surface area contributed by atoms with Crippen molar-refractivity contribution in [2.24, 2.45) is 5.92 Å². The molecular formula is C25H32N2O4. The van der Waals surface area contributed by atoms with E-state index in [-0.39, 0.29) is 18.4 Å². The van der Waals surface area contributed by atoms with Gasteiger partial charge in [-0.25, -0.2) is 0 Å². The molecule has 4 rings (SSSR count). The average molecular weight is 425 g/mol. The van der Waals surface area contributed by atoms with Gasteiger partial charge in [-0.1, -0.05) is 30.5 Å². The number of hydrogen-bond donors (Lipinski definition) is 0. The van der Waals surface area contributed by atoms with Crippen molar-refractivity contribution in [1.82, 2.24) is 9.80 Å². The lowest BCUT2D eigenvalue weighted by atomic mass is 10.0. The Kier molecular flexibility index (Phi) is 6.64. The number of rotatable bonds is 6. The van der Waals surface area contributed by atoms with E-state index < -0.39 is 0 Å². The van der Waals surface area contributed by atoms with Gasteiger partial charge in [-0.2, -0.15) is 0 Å². The smallest absolute Gasteiger partial charge is 0.289 e. The molecule has 0 atom stereocenters. The van der Waals surface area contributed by atoms with Crippen LogP contribution >= 0.6 is 0 Å². The highest BCUT2D eigenvalue weighted by molar-refractivity contribution is 5.91. The number of carbonyl (C=O) groups is 2. The third kappa shape index (κ3) is 5.30. The molecule has 2 heterocycles. The van der Waals surface area contributed by atoms with E-state index >= 15 is 0 Å². The summed E-state index contributed by atoms with van der Waals surface area (Å²) in [6.45, 7) is 6.63. The highest BCUT2D eigenvalue weighted by Crippen LogP contribution is 2.28. The molecule has 0 spiro atoms. The summed E-state index contributed by atoms with van der Waals surface area (Å²) in [6.07, 6.45) is 5.52. The van der Waals surface area contributed by atoms with Crippen molar-refractivity contribution >= 4 is 11.8 Å². The first kappa shape index (κ1) is 21.5. The Labute approximate surface area is 184 Å². The molecule has 6 nitrogen and oxygen atoms in total. The molecule has 2 aromatic rings. The first-order valence-electron chi connectivity index (χ1n) is 11.4. The van der Waals surface area contributed by atoms with Gasteiger partial charge in [0.25, 0.3) is 5.91 Å². The van der Waals surface area contributed by atoms with Crippen LogP contribution in [0.2, 0.25) is 0 Å². The third-order valence-electron chi connectivity index (χ3n) is 6.43. The Morgan fingerprint density at radius 1 is 1.00 bits per heavy atom. The van der Waals surface area contributed by atoms with Crippen molar-refractivity contribution in [2.75, 3.05) is 26.2 Å². The van der Waals surface area contributed by atoms with E-state index in [4.69, 9.17) is 9.15 Å². The number of furan rings is 1. The number of ether oxygens (including phenoxy) is 1. The van der Waals surface area contributed by atoms with Gasteiger partial charge in [0.05, 0.1) is 0 Å². The quantitative estimate of drug-likeness (QED) is 0.692. The Balaban J connectivity index is 1.26. The highest BCUT2D eigenvalue weighted by atomic mass is 16.5. The molecule has 1 aromatic heterocycles. The van der Waals surface area contributed by atoms with E-state index in [2.05, 4.69) is 6.07 Å². The first-order valence-corrected chi connectivity index (χ1v) is 11.4. The van der Waals surface area contributed by atoms with Gasteiger partial charge >= 0.3 is 0 Å². The normalized spacial score (nSPS) is 17.2. The average Bonchev–Trinajstić information content (AvgIpc) is 3.45. The number of amides is 2. The van der Waals surface area contributed by atoms with Gasteiger partial charge in [-0.05, 0) is 56.4 Å². The van der Waals surface area contributed by atoms with E-state index in [1.54, 1.807) is 17.0 Å². The van der Waals surface area contributed by atoms with Crippen LogP contribution in [-0.4, -0.2) is 47.8 Å². The third-order valence-corrected chi connectivity index (χ3v) is 6.43. The summed E-state index contributed by atoms with van der Waals surface area (Å²) in [5.41, 5.74) is 2.26. The fourth-order valence-electron chi connectivity index (χ4n) is 4.59. The van der Waals surface area contributed by atoms with Crippen LogP contribution in [0.15, 0.2) is 34.7 Å². The van der Waals surface area contributed by atoms with E-state index in [0.29, 0.717) is 50.0 Å². The van der Waals surface area contributed by atoms with Crippen LogP contribution in [0.1, 0.15) is 59.5 Å². The Hall–Kier alpha value is -2.76. The molecule has 0 radical (unpaired) electrons. The number of hydrogen-bond acceptors (Lipinski definition) is 4. The maximum Gasteiger partial charge on any atom is 0.289 e. The van der Waals surface area contributed by atoms with E-state index in [1.807, 2.05) is 30.9 Å². The summed E-state index contributed by atoms with van der Waals surface area (Å²) in [7, 11) is 0. The predicted molar refractivity (Wildman–Crippen MR) is 118 cm³/mol. The molecule has 6 heteroatoms. The zero-order valence-electron chi connectivity index (χ0n) is 18.6. The van der Waals surface area contributed by atoms with E-state index in [9.17, 15) is 9.59 Å². The van der Waals surface area contributed by atoms with Gasteiger partial charge in [0, 0.05) is 32.6 Å². The molecule has 2 amide bonds. The zero-order chi connectivity index (χ0) is 21.8. The van der Waals surface area contributed by atoms with Crippen molar-refractivity contribution in [2.45, 2.75) is 52.6 Å². The van der Waals surface area contributed by atoms with Crippen LogP contribution in [0.5, 0.6) is 5.75 Å². The summed E-state index contributed by atoms with van der Waals surface area (Å²) in [5, 5.41) is 0. The standard InChI is InChI=1S/C25H32N2O4/c1-18-7-9-22(19(2)15-18)30-17-21-8-10-23(31-21)25(29)27-13-11-26(12-14-27)24(28)16-20-5-3-4-6-20/h7-10,15,20H,3-6,11-14,16-17H2,1-2H3. The van der Waals surface area contributed by atoms with Crippen molar-refractivity contribution < 1.29 is 18.7 Å². The molecule has 166 valence electrons. The molecule has 1 aliphatic heterocycles. The SMILES string of the molecule is Cc1ccc(OCc2ccc(C(=O)N3CCN(C(=O)CC4CCCC4)CC3)o2)c(C)c1. The van der Waals surface area contributed by atoms with Crippen LogP contribution < -0.4 is 4.74 Å². The second kappa shape index (κ2) is 9.58. The molecule has 0 N–H and O–H groups in total. The molecule has 1 aromatic carbocycles. The van der Waals surface area contributed by atoms with Gasteiger partial charge in [0.2, 0.25) is 5.91 Å². The topological polar surface area (TPSA) is 63.0 Å². The van der Waals surface area contributed by atoms with Gasteiger partial charge in [0.1, 0.15) is 18.1 Å².